The standard InChI is InChI=1S/C26H21N5O2/c27-25(33)21(16-6-2-1-3-7-16)10-17-14-29-26-22(17)12-19(15-30-26)31-24(32)11-18-13-28-23-9-5-4-8-20(18)23/h1-10,12-15,28H,11H2,(H2,27,33)(H,29,30)(H,31,32)/b21-10+. The van der Waals surface area contributed by atoms with Gasteiger partial charge in [0, 0.05) is 39.8 Å². The number of aromatic amines is 2. The van der Waals surface area contributed by atoms with Crippen LogP contribution in [0.15, 0.2) is 79.3 Å². The minimum atomic E-state index is -0.522. The van der Waals surface area contributed by atoms with E-state index in [1.165, 1.54) is 0 Å². The van der Waals surface area contributed by atoms with Crippen LogP contribution in [0, 0.1) is 0 Å². The third-order valence-electron chi connectivity index (χ3n) is 5.52. The van der Waals surface area contributed by atoms with Gasteiger partial charge in [-0.15, -0.1) is 0 Å². The zero-order valence-electron chi connectivity index (χ0n) is 17.6. The Morgan fingerprint density at radius 2 is 1.76 bits per heavy atom. The molecule has 7 heteroatoms. The number of H-pyrrole nitrogens is 2. The van der Waals surface area contributed by atoms with Crippen molar-refractivity contribution >= 4 is 51.1 Å². The van der Waals surface area contributed by atoms with Gasteiger partial charge in [0.05, 0.1) is 18.3 Å². The molecule has 5 rings (SSSR count). The van der Waals surface area contributed by atoms with Crippen molar-refractivity contribution in [3.63, 3.8) is 0 Å². The van der Waals surface area contributed by atoms with Gasteiger partial charge in [-0.05, 0) is 29.3 Å². The number of nitrogens with one attached hydrogen (secondary N) is 3. The van der Waals surface area contributed by atoms with Crippen LogP contribution in [0.2, 0.25) is 0 Å². The zero-order valence-corrected chi connectivity index (χ0v) is 17.6. The third-order valence-corrected chi connectivity index (χ3v) is 5.52. The third kappa shape index (κ3) is 4.12. The molecule has 5 N–H and O–H groups in total. The molecule has 0 saturated heterocycles. The van der Waals surface area contributed by atoms with Crippen LogP contribution >= 0.6 is 0 Å². The van der Waals surface area contributed by atoms with Crippen molar-refractivity contribution in [3.8, 4) is 0 Å². The number of primary amides is 1. The van der Waals surface area contributed by atoms with Crippen LogP contribution in [0.3, 0.4) is 0 Å². The monoisotopic (exact) mass is 435 g/mol. The van der Waals surface area contributed by atoms with Crippen LogP contribution in [0.5, 0.6) is 0 Å². The van der Waals surface area contributed by atoms with Gasteiger partial charge >= 0.3 is 0 Å². The van der Waals surface area contributed by atoms with Crippen LogP contribution in [0.25, 0.3) is 33.6 Å². The topological polar surface area (TPSA) is 117 Å². The molecule has 2 amide bonds. The number of fused-ring (bicyclic) bond motifs is 2. The first kappa shape index (κ1) is 20.3. The van der Waals surface area contributed by atoms with Gasteiger partial charge in [0.1, 0.15) is 5.65 Å². The van der Waals surface area contributed by atoms with Gasteiger partial charge in [-0.1, -0.05) is 48.5 Å². The highest BCUT2D eigenvalue weighted by Crippen LogP contribution is 2.26. The Morgan fingerprint density at radius 1 is 0.970 bits per heavy atom. The molecule has 0 atom stereocenters. The lowest BCUT2D eigenvalue weighted by atomic mass is 10.0. The smallest absolute Gasteiger partial charge is 0.249 e. The lowest BCUT2D eigenvalue weighted by molar-refractivity contribution is -0.115. The van der Waals surface area contributed by atoms with E-state index in [4.69, 9.17) is 5.73 Å². The Bertz CT molecular complexity index is 1510. The number of para-hydroxylation sites is 1. The SMILES string of the molecule is NC(=O)/C(=C/c1c[nH]c2ncc(NC(=O)Cc3c[nH]c4ccccc34)cc12)c1ccccc1. The molecule has 0 unspecified atom stereocenters. The summed E-state index contributed by atoms with van der Waals surface area (Å²) in [7, 11) is 0. The molecule has 5 aromatic rings. The van der Waals surface area contributed by atoms with Crippen LogP contribution in [-0.4, -0.2) is 26.8 Å². The summed E-state index contributed by atoms with van der Waals surface area (Å²) in [6.07, 6.45) is 7.19. The van der Waals surface area contributed by atoms with Crippen molar-refractivity contribution in [2.24, 2.45) is 5.73 Å². The predicted molar refractivity (Wildman–Crippen MR) is 130 cm³/mol. The van der Waals surface area contributed by atoms with Gasteiger partial charge in [-0.25, -0.2) is 4.98 Å². The molecule has 33 heavy (non-hydrogen) atoms. The summed E-state index contributed by atoms with van der Waals surface area (Å²) in [5, 5.41) is 4.72. The van der Waals surface area contributed by atoms with Crippen LogP contribution in [0.1, 0.15) is 16.7 Å². The minimum Gasteiger partial charge on any atom is -0.366 e. The molecule has 0 bridgehead atoms. The van der Waals surface area contributed by atoms with E-state index in [-0.39, 0.29) is 12.3 Å². The van der Waals surface area contributed by atoms with Crippen LogP contribution in [0.4, 0.5) is 5.69 Å². The number of rotatable bonds is 6. The van der Waals surface area contributed by atoms with E-state index in [0.717, 1.165) is 33.0 Å². The van der Waals surface area contributed by atoms with E-state index in [1.807, 2.05) is 66.9 Å². The molecular formula is C26H21N5O2. The number of anilines is 1. The van der Waals surface area contributed by atoms with E-state index in [0.29, 0.717) is 16.9 Å². The highest BCUT2D eigenvalue weighted by Gasteiger charge is 2.13. The molecule has 3 aromatic heterocycles. The quantitative estimate of drug-likeness (QED) is 0.299. The highest BCUT2D eigenvalue weighted by molar-refractivity contribution is 6.24. The van der Waals surface area contributed by atoms with Crippen LogP contribution in [-0.2, 0) is 16.0 Å². The number of carbonyl (C=O) groups excluding carboxylic acids is 2. The molecule has 0 aliphatic heterocycles. The molecule has 0 aliphatic carbocycles. The number of carbonyl (C=O) groups is 2. The summed E-state index contributed by atoms with van der Waals surface area (Å²) in [5.41, 5.74) is 10.7. The van der Waals surface area contributed by atoms with Crippen molar-refractivity contribution < 1.29 is 9.59 Å². The van der Waals surface area contributed by atoms with E-state index < -0.39 is 5.91 Å². The zero-order chi connectivity index (χ0) is 22.8. The molecule has 0 saturated carbocycles. The number of nitrogens with two attached hydrogens (primary N) is 1. The van der Waals surface area contributed by atoms with Crippen molar-refractivity contribution in [2.75, 3.05) is 5.32 Å². The van der Waals surface area contributed by atoms with Gasteiger partial charge in [0.25, 0.3) is 0 Å². The molecule has 2 aromatic carbocycles. The first-order chi connectivity index (χ1) is 16.1. The van der Waals surface area contributed by atoms with E-state index in [9.17, 15) is 9.59 Å². The predicted octanol–water partition coefficient (Wildman–Crippen LogP) is 4.25. The molecule has 0 radical (unpaired) electrons. The second-order valence-electron chi connectivity index (χ2n) is 7.74. The Hall–Kier alpha value is -4.65. The first-order valence-electron chi connectivity index (χ1n) is 10.5. The van der Waals surface area contributed by atoms with Gasteiger partial charge in [0.2, 0.25) is 11.8 Å². The molecule has 0 spiro atoms. The fraction of sp³-hybridized carbons (Fsp3) is 0.0385. The second-order valence-corrected chi connectivity index (χ2v) is 7.74. The van der Waals surface area contributed by atoms with E-state index >= 15 is 0 Å². The maximum atomic E-state index is 12.7. The normalized spacial score (nSPS) is 11.7. The van der Waals surface area contributed by atoms with E-state index in [1.54, 1.807) is 18.5 Å². The highest BCUT2D eigenvalue weighted by atomic mass is 16.2. The lowest BCUT2D eigenvalue weighted by Gasteiger charge is -2.06. The molecule has 162 valence electrons. The molecular weight excluding hydrogens is 414 g/mol. The summed E-state index contributed by atoms with van der Waals surface area (Å²) in [6.45, 7) is 0. The average molecular weight is 435 g/mol. The Morgan fingerprint density at radius 3 is 2.58 bits per heavy atom. The second kappa shape index (κ2) is 8.47. The maximum Gasteiger partial charge on any atom is 0.249 e. The number of benzene rings is 2. The van der Waals surface area contributed by atoms with Gasteiger partial charge in [-0.2, -0.15) is 0 Å². The number of amides is 2. The van der Waals surface area contributed by atoms with Gasteiger partial charge in [0.15, 0.2) is 0 Å². The molecule has 0 fully saturated rings. The number of pyridine rings is 1. The fourth-order valence-corrected chi connectivity index (χ4v) is 3.94. The van der Waals surface area contributed by atoms with Crippen molar-refractivity contribution in [1.82, 2.24) is 15.0 Å². The number of hydrogen-bond donors (Lipinski definition) is 4. The average Bonchev–Trinajstić information content (AvgIpc) is 3.41. The van der Waals surface area contributed by atoms with Gasteiger partial charge in [-0.3, -0.25) is 9.59 Å². The number of aromatic nitrogens is 3. The van der Waals surface area contributed by atoms with E-state index in [2.05, 4.69) is 20.3 Å². The number of hydrogen-bond acceptors (Lipinski definition) is 3. The summed E-state index contributed by atoms with van der Waals surface area (Å²) in [5.74, 6) is -0.665. The maximum absolute atomic E-state index is 12.7. The largest absolute Gasteiger partial charge is 0.366 e. The van der Waals surface area contributed by atoms with Crippen molar-refractivity contribution in [2.45, 2.75) is 6.42 Å². The van der Waals surface area contributed by atoms with Crippen LogP contribution < -0.4 is 11.1 Å². The van der Waals surface area contributed by atoms with Crippen molar-refractivity contribution in [1.29, 1.82) is 0 Å². The number of nitrogens with zero attached hydrogens (tertiary/aromatic N) is 1. The molecule has 0 aliphatic rings. The lowest BCUT2D eigenvalue weighted by Crippen LogP contribution is -2.14. The Balaban J connectivity index is 1.42. The first-order valence-corrected chi connectivity index (χ1v) is 10.5. The molecule has 3 heterocycles. The van der Waals surface area contributed by atoms with Crippen molar-refractivity contribution in [3.05, 3.63) is 95.9 Å². The summed E-state index contributed by atoms with van der Waals surface area (Å²) in [6, 6.07) is 19.0. The summed E-state index contributed by atoms with van der Waals surface area (Å²) < 4.78 is 0. The Kier molecular flexibility index (Phi) is 5.20. The molecule has 7 nitrogen and oxygen atoms in total. The fourth-order valence-electron chi connectivity index (χ4n) is 3.94. The van der Waals surface area contributed by atoms with Gasteiger partial charge < -0.3 is 21.0 Å². The Labute approximate surface area is 189 Å². The summed E-state index contributed by atoms with van der Waals surface area (Å²) >= 11 is 0. The summed E-state index contributed by atoms with van der Waals surface area (Å²) in [4.78, 5) is 35.5. The minimum absolute atomic E-state index is 0.143.